The number of hydrogen-bond donors (Lipinski definition) is 1. The Bertz CT molecular complexity index is 433. The Hall–Kier alpha value is -0.860. The Labute approximate surface area is 130 Å². The van der Waals surface area contributed by atoms with Crippen LogP contribution in [0.25, 0.3) is 0 Å². The second-order valence-corrected chi connectivity index (χ2v) is 6.69. The molecule has 1 aromatic rings. The number of nitrogens with zero attached hydrogens (tertiary/aromatic N) is 1. The summed E-state index contributed by atoms with van der Waals surface area (Å²) in [6, 6.07) is 9.65. The normalized spacial score (nSPS) is 19.1. The van der Waals surface area contributed by atoms with Gasteiger partial charge in [-0.1, -0.05) is 51.0 Å². The van der Waals surface area contributed by atoms with E-state index in [9.17, 15) is 0 Å². The summed E-state index contributed by atoms with van der Waals surface area (Å²) in [6.45, 7) is 5.59. The van der Waals surface area contributed by atoms with Gasteiger partial charge in [0, 0.05) is 5.54 Å². The molecule has 21 heavy (non-hydrogen) atoms. The van der Waals surface area contributed by atoms with Crippen molar-refractivity contribution >= 4 is 0 Å². The minimum Gasteiger partial charge on any atom is -0.308 e. The molecule has 2 heteroatoms. The van der Waals surface area contributed by atoms with Crippen LogP contribution in [0.5, 0.6) is 0 Å². The summed E-state index contributed by atoms with van der Waals surface area (Å²) in [5.41, 5.74) is 3.20. The summed E-state index contributed by atoms with van der Waals surface area (Å²) in [4.78, 5) is 2.48. The van der Waals surface area contributed by atoms with Gasteiger partial charge < -0.3 is 10.2 Å². The molecule has 118 valence electrons. The Balaban J connectivity index is 2.36. The van der Waals surface area contributed by atoms with Gasteiger partial charge in [0.05, 0.1) is 6.04 Å². The molecule has 0 bridgehead atoms. The Morgan fingerprint density at radius 2 is 1.90 bits per heavy atom. The zero-order valence-corrected chi connectivity index (χ0v) is 14.3. The fourth-order valence-electron chi connectivity index (χ4n) is 3.88. The second kappa shape index (κ2) is 7.42. The van der Waals surface area contributed by atoms with Crippen LogP contribution in [-0.2, 0) is 6.42 Å². The highest BCUT2D eigenvalue weighted by Gasteiger charge is 2.43. The van der Waals surface area contributed by atoms with Crippen molar-refractivity contribution in [3.8, 4) is 0 Å². The highest BCUT2D eigenvalue weighted by atomic mass is 15.2. The monoisotopic (exact) mass is 288 g/mol. The molecule has 1 aliphatic carbocycles. The van der Waals surface area contributed by atoms with Gasteiger partial charge in [0.25, 0.3) is 0 Å². The molecule has 1 aliphatic rings. The quantitative estimate of drug-likeness (QED) is 0.810. The van der Waals surface area contributed by atoms with Gasteiger partial charge in [0.15, 0.2) is 0 Å². The van der Waals surface area contributed by atoms with Gasteiger partial charge in [0.1, 0.15) is 0 Å². The first-order valence-electron chi connectivity index (χ1n) is 8.63. The number of hydrogen-bond acceptors (Lipinski definition) is 2. The predicted octanol–water partition coefficient (Wildman–Crippen LogP) is 4.16. The molecule has 0 spiro atoms. The fraction of sp³-hybridized carbons (Fsp3) is 0.684. The highest BCUT2D eigenvalue weighted by Crippen LogP contribution is 2.43. The van der Waals surface area contributed by atoms with Gasteiger partial charge >= 0.3 is 0 Å². The van der Waals surface area contributed by atoms with Gasteiger partial charge in [-0.05, 0) is 57.5 Å². The largest absolute Gasteiger partial charge is 0.308 e. The second-order valence-electron chi connectivity index (χ2n) is 6.69. The SMILES string of the molecule is CCCNC(c1cccc(CC)c1)C1(N(C)C)CCCC1. The average molecular weight is 288 g/mol. The van der Waals surface area contributed by atoms with E-state index in [0.717, 1.165) is 13.0 Å². The lowest BCUT2D eigenvalue weighted by molar-refractivity contribution is 0.104. The van der Waals surface area contributed by atoms with Crippen molar-refractivity contribution in [2.75, 3.05) is 20.6 Å². The summed E-state index contributed by atoms with van der Waals surface area (Å²) >= 11 is 0. The molecule has 1 N–H and O–H groups in total. The van der Waals surface area contributed by atoms with Crippen LogP contribution in [0, 0.1) is 0 Å². The maximum absolute atomic E-state index is 3.86. The third kappa shape index (κ3) is 3.49. The van der Waals surface area contributed by atoms with Crippen LogP contribution >= 0.6 is 0 Å². The molecular weight excluding hydrogens is 256 g/mol. The molecule has 0 radical (unpaired) electrons. The lowest BCUT2D eigenvalue weighted by Gasteiger charge is -2.44. The van der Waals surface area contributed by atoms with E-state index in [1.165, 1.54) is 43.2 Å². The summed E-state index contributed by atoms with van der Waals surface area (Å²) in [5.74, 6) is 0. The predicted molar refractivity (Wildman–Crippen MR) is 91.7 cm³/mol. The number of nitrogens with one attached hydrogen (secondary N) is 1. The molecule has 1 aromatic carbocycles. The van der Waals surface area contributed by atoms with Crippen LogP contribution in [0.4, 0.5) is 0 Å². The lowest BCUT2D eigenvalue weighted by Crippen LogP contribution is -2.52. The van der Waals surface area contributed by atoms with Crippen molar-refractivity contribution < 1.29 is 0 Å². The van der Waals surface area contributed by atoms with Gasteiger partial charge in [-0.3, -0.25) is 0 Å². The summed E-state index contributed by atoms with van der Waals surface area (Å²) < 4.78 is 0. The molecule has 1 saturated carbocycles. The minimum absolute atomic E-state index is 0.279. The molecule has 2 nitrogen and oxygen atoms in total. The topological polar surface area (TPSA) is 15.3 Å². The smallest absolute Gasteiger partial charge is 0.0507 e. The molecule has 0 amide bonds. The van der Waals surface area contributed by atoms with E-state index in [0.29, 0.717) is 6.04 Å². The van der Waals surface area contributed by atoms with E-state index in [1.807, 2.05) is 0 Å². The van der Waals surface area contributed by atoms with Crippen LogP contribution in [0.1, 0.15) is 63.1 Å². The molecule has 0 aromatic heterocycles. The molecule has 1 atom stereocenters. The van der Waals surface area contributed by atoms with Gasteiger partial charge in [0.2, 0.25) is 0 Å². The third-order valence-corrected chi connectivity index (χ3v) is 5.19. The fourth-order valence-corrected chi connectivity index (χ4v) is 3.88. The molecule has 0 heterocycles. The zero-order valence-electron chi connectivity index (χ0n) is 14.3. The Kier molecular flexibility index (Phi) is 5.83. The molecule has 1 fully saturated rings. The Morgan fingerprint density at radius 1 is 1.19 bits per heavy atom. The lowest BCUT2D eigenvalue weighted by atomic mass is 9.81. The first kappa shape index (κ1) is 16.5. The minimum atomic E-state index is 0.279. The highest BCUT2D eigenvalue weighted by molar-refractivity contribution is 5.29. The van der Waals surface area contributed by atoms with Crippen molar-refractivity contribution in [1.82, 2.24) is 10.2 Å². The van der Waals surface area contributed by atoms with Crippen molar-refractivity contribution in [3.05, 3.63) is 35.4 Å². The van der Waals surface area contributed by atoms with E-state index in [4.69, 9.17) is 0 Å². The van der Waals surface area contributed by atoms with Crippen LogP contribution in [0.3, 0.4) is 0 Å². The van der Waals surface area contributed by atoms with Crippen LogP contribution in [0.2, 0.25) is 0 Å². The standard InChI is InChI=1S/C19H32N2/c1-5-14-20-18(17-11-9-10-16(6-2)15-17)19(21(3)4)12-7-8-13-19/h9-11,15,18,20H,5-8,12-14H2,1-4H3. The molecule has 0 saturated heterocycles. The Morgan fingerprint density at radius 3 is 2.48 bits per heavy atom. The summed E-state index contributed by atoms with van der Waals surface area (Å²) in [5, 5.41) is 3.86. The van der Waals surface area contributed by atoms with Crippen molar-refractivity contribution in [2.24, 2.45) is 0 Å². The van der Waals surface area contributed by atoms with Gasteiger partial charge in [-0.2, -0.15) is 0 Å². The van der Waals surface area contributed by atoms with E-state index in [2.05, 4.69) is 62.4 Å². The van der Waals surface area contributed by atoms with Crippen molar-refractivity contribution in [3.63, 3.8) is 0 Å². The summed E-state index contributed by atoms with van der Waals surface area (Å²) in [6.07, 6.45) is 7.62. The van der Waals surface area contributed by atoms with E-state index < -0.39 is 0 Å². The van der Waals surface area contributed by atoms with Crippen LogP contribution in [0.15, 0.2) is 24.3 Å². The first-order valence-corrected chi connectivity index (χ1v) is 8.63. The zero-order chi connectivity index (χ0) is 15.3. The van der Waals surface area contributed by atoms with E-state index in [-0.39, 0.29) is 5.54 Å². The van der Waals surface area contributed by atoms with Crippen LogP contribution in [-0.4, -0.2) is 31.1 Å². The first-order chi connectivity index (χ1) is 10.1. The van der Waals surface area contributed by atoms with E-state index in [1.54, 1.807) is 0 Å². The van der Waals surface area contributed by atoms with Crippen molar-refractivity contribution in [2.45, 2.75) is 64.0 Å². The number of rotatable bonds is 7. The van der Waals surface area contributed by atoms with Crippen molar-refractivity contribution in [1.29, 1.82) is 0 Å². The van der Waals surface area contributed by atoms with E-state index >= 15 is 0 Å². The third-order valence-electron chi connectivity index (χ3n) is 5.19. The molecule has 0 aliphatic heterocycles. The van der Waals surface area contributed by atoms with Gasteiger partial charge in [-0.25, -0.2) is 0 Å². The number of likely N-dealkylation sites (N-methyl/N-ethyl adjacent to an activating group) is 1. The number of aryl methyl sites for hydroxylation is 1. The molecule has 2 rings (SSSR count). The maximum Gasteiger partial charge on any atom is 0.0507 e. The summed E-state index contributed by atoms with van der Waals surface area (Å²) in [7, 11) is 4.52. The number of benzene rings is 1. The average Bonchev–Trinajstić information content (AvgIpc) is 2.99. The van der Waals surface area contributed by atoms with Gasteiger partial charge in [-0.15, -0.1) is 0 Å². The maximum atomic E-state index is 3.86. The van der Waals surface area contributed by atoms with Crippen LogP contribution < -0.4 is 5.32 Å². The molecule has 1 unspecified atom stereocenters. The molecular formula is C19H32N2.